The van der Waals surface area contributed by atoms with E-state index in [1.165, 1.54) is 0 Å². The molecule has 0 amide bonds. The van der Waals surface area contributed by atoms with E-state index in [9.17, 15) is 9.90 Å². The third-order valence-corrected chi connectivity index (χ3v) is 2.89. The van der Waals surface area contributed by atoms with Crippen molar-refractivity contribution in [2.75, 3.05) is 6.61 Å². The molecule has 1 atom stereocenters. The first-order chi connectivity index (χ1) is 8.01. The van der Waals surface area contributed by atoms with E-state index in [1.54, 1.807) is 18.5 Å². The first kappa shape index (κ1) is 14.0. The molecule has 1 aromatic rings. The molecule has 0 aromatic carbocycles. The highest BCUT2D eigenvalue weighted by Crippen LogP contribution is 2.21. The Balaban J connectivity index is 2.83. The van der Waals surface area contributed by atoms with Crippen molar-refractivity contribution in [2.45, 2.75) is 39.8 Å². The maximum atomic E-state index is 11.3. The summed E-state index contributed by atoms with van der Waals surface area (Å²) >= 11 is 6.07. The number of esters is 1. The van der Waals surface area contributed by atoms with Crippen LogP contribution in [0.25, 0.3) is 0 Å². The van der Waals surface area contributed by atoms with E-state index in [4.69, 9.17) is 16.3 Å². The third kappa shape index (κ3) is 3.20. The Hall–Kier alpha value is -1.07. The number of aromatic nitrogens is 2. The monoisotopic (exact) mass is 260 g/mol. The van der Waals surface area contributed by atoms with Crippen molar-refractivity contribution >= 4 is 17.6 Å². The summed E-state index contributed by atoms with van der Waals surface area (Å²) in [6, 6.07) is 0. The van der Waals surface area contributed by atoms with Gasteiger partial charge in [0.05, 0.1) is 23.0 Å². The van der Waals surface area contributed by atoms with Crippen molar-refractivity contribution in [1.29, 1.82) is 0 Å². The molecule has 0 fully saturated rings. The molecule has 0 saturated heterocycles. The third-order valence-electron chi connectivity index (χ3n) is 2.40. The number of halogens is 1. The van der Waals surface area contributed by atoms with Crippen molar-refractivity contribution in [2.24, 2.45) is 0 Å². The molecule has 1 heterocycles. The first-order valence-electron chi connectivity index (χ1n) is 5.57. The van der Waals surface area contributed by atoms with E-state index < -0.39 is 12.1 Å². The molecule has 1 N–H and O–H groups in total. The van der Waals surface area contributed by atoms with E-state index in [0.717, 1.165) is 0 Å². The second-order valence-corrected chi connectivity index (χ2v) is 4.01. The summed E-state index contributed by atoms with van der Waals surface area (Å²) in [6.45, 7) is 6.28. The fourth-order valence-corrected chi connectivity index (χ4v) is 1.78. The SMILES string of the molecule is CCOC(=O)C(O)Cc1c(Cl)c(C)nn1CC. The number of aliphatic hydroxyl groups excluding tert-OH is 1. The van der Waals surface area contributed by atoms with Crippen molar-refractivity contribution in [3.05, 3.63) is 16.4 Å². The number of nitrogens with zero attached hydrogens (tertiary/aromatic N) is 2. The lowest BCUT2D eigenvalue weighted by atomic mass is 10.2. The van der Waals surface area contributed by atoms with Crippen LogP contribution in [-0.4, -0.2) is 33.6 Å². The Bertz CT molecular complexity index is 404. The maximum absolute atomic E-state index is 11.3. The zero-order valence-electron chi connectivity index (χ0n) is 10.2. The lowest BCUT2D eigenvalue weighted by molar-refractivity contribution is -0.152. The summed E-state index contributed by atoms with van der Waals surface area (Å²) in [4.78, 5) is 11.3. The maximum Gasteiger partial charge on any atom is 0.335 e. The van der Waals surface area contributed by atoms with E-state index in [2.05, 4.69) is 5.10 Å². The normalized spacial score (nSPS) is 12.5. The smallest absolute Gasteiger partial charge is 0.335 e. The highest BCUT2D eigenvalue weighted by Gasteiger charge is 2.22. The Morgan fingerprint density at radius 3 is 2.76 bits per heavy atom. The largest absolute Gasteiger partial charge is 0.464 e. The van der Waals surface area contributed by atoms with Crippen LogP contribution in [0.5, 0.6) is 0 Å². The van der Waals surface area contributed by atoms with Crippen LogP contribution in [0.4, 0.5) is 0 Å². The van der Waals surface area contributed by atoms with Crippen LogP contribution in [0.15, 0.2) is 0 Å². The number of aliphatic hydroxyl groups is 1. The number of carbonyl (C=O) groups is 1. The van der Waals surface area contributed by atoms with Crippen molar-refractivity contribution in [1.82, 2.24) is 9.78 Å². The molecular formula is C11H17ClN2O3. The van der Waals surface area contributed by atoms with Gasteiger partial charge in [-0.3, -0.25) is 4.68 Å². The zero-order valence-corrected chi connectivity index (χ0v) is 11.0. The summed E-state index contributed by atoms with van der Waals surface area (Å²) in [5, 5.41) is 14.4. The van der Waals surface area contributed by atoms with Crippen LogP contribution in [0.2, 0.25) is 5.02 Å². The molecule has 0 radical (unpaired) electrons. The second kappa shape index (κ2) is 6.02. The van der Waals surface area contributed by atoms with Crippen LogP contribution in [0, 0.1) is 6.92 Å². The molecule has 0 aliphatic carbocycles. The number of hydrogen-bond acceptors (Lipinski definition) is 4. The second-order valence-electron chi connectivity index (χ2n) is 3.63. The molecule has 5 nitrogen and oxygen atoms in total. The predicted octanol–water partition coefficient (Wildman–Crippen LogP) is 1.33. The predicted molar refractivity (Wildman–Crippen MR) is 64.0 cm³/mol. The van der Waals surface area contributed by atoms with Crippen LogP contribution in [0.1, 0.15) is 25.2 Å². The Labute approximate surface area is 105 Å². The highest BCUT2D eigenvalue weighted by molar-refractivity contribution is 6.31. The number of rotatable bonds is 5. The molecule has 1 aromatic heterocycles. The molecule has 0 bridgehead atoms. The van der Waals surface area contributed by atoms with Gasteiger partial charge in [-0.05, 0) is 20.8 Å². The molecule has 0 aliphatic heterocycles. The van der Waals surface area contributed by atoms with Crippen molar-refractivity contribution < 1.29 is 14.6 Å². The molecule has 1 unspecified atom stereocenters. The average Bonchev–Trinajstić information content (AvgIpc) is 2.57. The zero-order chi connectivity index (χ0) is 13.0. The van der Waals surface area contributed by atoms with Gasteiger partial charge in [0.1, 0.15) is 0 Å². The van der Waals surface area contributed by atoms with Gasteiger partial charge in [0.25, 0.3) is 0 Å². The standard InChI is InChI=1S/C11H17ClN2O3/c1-4-14-8(10(12)7(3)13-14)6-9(15)11(16)17-5-2/h9,15H,4-6H2,1-3H3. The minimum Gasteiger partial charge on any atom is -0.464 e. The van der Waals surface area contributed by atoms with Crippen molar-refractivity contribution in [3.8, 4) is 0 Å². The van der Waals surface area contributed by atoms with Gasteiger partial charge in [-0.2, -0.15) is 5.10 Å². The number of ether oxygens (including phenoxy) is 1. The number of carbonyl (C=O) groups excluding carboxylic acids is 1. The van der Waals surface area contributed by atoms with Gasteiger partial charge in [-0.25, -0.2) is 4.79 Å². The fraction of sp³-hybridized carbons (Fsp3) is 0.636. The summed E-state index contributed by atoms with van der Waals surface area (Å²) in [5.41, 5.74) is 1.35. The van der Waals surface area contributed by atoms with Crippen molar-refractivity contribution in [3.63, 3.8) is 0 Å². The molecule has 6 heteroatoms. The van der Waals surface area contributed by atoms with Gasteiger partial charge < -0.3 is 9.84 Å². The molecule has 0 aliphatic rings. The lowest BCUT2D eigenvalue weighted by Crippen LogP contribution is -2.26. The number of hydrogen-bond donors (Lipinski definition) is 1. The first-order valence-corrected chi connectivity index (χ1v) is 5.95. The van der Waals surface area contributed by atoms with Gasteiger partial charge in [0.2, 0.25) is 0 Å². The van der Waals surface area contributed by atoms with Gasteiger partial charge in [0, 0.05) is 13.0 Å². The summed E-state index contributed by atoms with van der Waals surface area (Å²) in [6.07, 6.45) is -1.08. The molecule has 0 spiro atoms. The molecule has 17 heavy (non-hydrogen) atoms. The molecular weight excluding hydrogens is 244 g/mol. The topological polar surface area (TPSA) is 64.3 Å². The van der Waals surface area contributed by atoms with Crippen LogP contribution >= 0.6 is 11.6 Å². The van der Waals surface area contributed by atoms with Gasteiger partial charge in [-0.15, -0.1) is 0 Å². The summed E-state index contributed by atoms with van der Waals surface area (Å²) in [7, 11) is 0. The average molecular weight is 261 g/mol. The van der Waals surface area contributed by atoms with E-state index in [-0.39, 0.29) is 13.0 Å². The molecule has 96 valence electrons. The Kier molecular flexibility index (Phi) is 4.96. The van der Waals surface area contributed by atoms with Gasteiger partial charge in [-0.1, -0.05) is 11.6 Å². The van der Waals surface area contributed by atoms with E-state index >= 15 is 0 Å². The summed E-state index contributed by atoms with van der Waals surface area (Å²) < 4.78 is 6.42. The molecule has 1 rings (SSSR count). The van der Waals surface area contributed by atoms with E-state index in [1.807, 2.05) is 6.92 Å². The Morgan fingerprint density at radius 1 is 1.59 bits per heavy atom. The quantitative estimate of drug-likeness (QED) is 0.812. The molecule has 0 saturated carbocycles. The lowest BCUT2D eigenvalue weighted by Gasteiger charge is -2.11. The van der Waals surface area contributed by atoms with E-state index in [0.29, 0.717) is 23.0 Å². The fourth-order valence-electron chi connectivity index (χ4n) is 1.57. The van der Waals surface area contributed by atoms with Crippen LogP contribution in [-0.2, 0) is 22.5 Å². The van der Waals surface area contributed by atoms with Gasteiger partial charge >= 0.3 is 5.97 Å². The minimum atomic E-state index is -1.20. The Morgan fingerprint density at radius 2 is 2.24 bits per heavy atom. The van der Waals surface area contributed by atoms with Crippen LogP contribution in [0.3, 0.4) is 0 Å². The van der Waals surface area contributed by atoms with Crippen LogP contribution < -0.4 is 0 Å². The minimum absolute atomic E-state index is 0.117. The van der Waals surface area contributed by atoms with Gasteiger partial charge in [0.15, 0.2) is 6.10 Å². The highest BCUT2D eigenvalue weighted by atomic mass is 35.5. The number of aryl methyl sites for hydroxylation is 2. The summed E-state index contributed by atoms with van der Waals surface area (Å²) in [5.74, 6) is -0.634.